The summed E-state index contributed by atoms with van der Waals surface area (Å²) in [5, 5.41) is 6.28. The number of halogens is 1. The van der Waals surface area contributed by atoms with Crippen LogP contribution in [-0.2, 0) is 13.1 Å². The third-order valence-corrected chi connectivity index (χ3v) is 5.75. The molecule has 0 radical (unpaired) electrons. The summed E-state index contributed by atoms with van der Waals surface area (Å²) in [5.74, 6) is 0.623. The van der Waals surface area contributed by atoms with Crippen LogP contribution >= 0.6 is 11.3 Å². The Morgan fingerprint density at radius 1 is 1.03 bits per heavy atom. The molecule has 0 aliphatic heterocycles. The zero-order valence-electron chi connectivity index (χ0n) is 15.4. The molecule has 0 saturated carbocycles. The van der Waals surface area contributed by atoms with Gasteiger partial charge in [-0.2, -0.15) is 0 Å². The van der Waals surface area contributed by atoms with E-state index in [4.69, 9.17) is 0 Å². The Kier molecular flexibility index (Phi) is 4.67. The highest BCUT2D eigenvalue weighted by Crippen LogP contribution is 2.34. The summed E-state index contributed by atoms with van der Waals surface area (Å²) in [6, 6.07) is 11.4. The molecule has 144 valence electrons. The number of imidazole rings is 1. The molecule has 1 aromatic carbocycles. The van der Waals surface area contributed by atoms with Crippen LogP contribution in [0.15, 0.2) is 66.6 Å². The van der Waals surface area contributed by atoms with Gasteiger partial charge in [0, 0.05) is 58.3 Å². The standard InChI is InChI=1S/C22H18FN5S/c23-19-4-3-14(10-24-13-21-25-5-6-26-21)8-16(19)18-12-28-22-17(18)9-15(11-27-22)20-2-1-7-29-20/h1-9,11-12,24H,10,13H2,(H,25,26)(H,27,28). The van der Waals surface area contributed by atoms with Gasteiger partial charge >= 0.3 is 0 Å². The van der Waals surface area contributed by atoms with Crippen molar-refractivity contribution in [1.82, 2.24) is 25.3 Å². The summed E-state index contributed by atoms with van der Waals surface area (Å²) < 4.78 is 14.7. The van der Waals surface area contributed by atoms with E-state index in [-0.39, 0.29) is 5.82 Å². The molecule has 0 unspecified atom stereocenters. The van der Waals surface area contributed by atoms with E-state index in [0.29, 0.717) is 18.7 Å². The molecule has 5 rings (SSSR count). The highest BCUT2D eigenvalue weighted by Gasteiger charge is 2.13. The largest absolute Gasteiger partial charge is 0.348 e. The second-order valence-electron chi connectivity index (χ2n) is 6.75. The van der Waals surface area contributed by atoms with Gasteiger partial charge < -0.3 is 15.3 Å². The van der Waals surface area contributed by atoms with E-state index in [9.17, 15) is 4.39 Å². The minimum absolute atomic E-state index is 0.248. The Labute approximate surface area is 170 Å². The van der Waals surface area contributed by atoms with Gasteiger partial charge in [-0.3, -0.25) is 0 Å². The van der Waals surface area contributed by atoms with E-state index in [1.807, 2.05) is 29.9 Å². The van der Waals surface area contributed by atoms with Crippen LogP contribution in [0.5, 0.6) is 0 Å². The number of hydrogen-bond donors (Lipinski definition) is 3. The maximum absolute atomic E-state index is 14.7. The molecule has 0 amide bonds. The number of nitrogens with one attached hydrogen (secondary N) is 3. The fourth-order valence-electron chi connectivity index (χ4n) is 3.41. The van der Waals surface area contributed by atoms with Crippen LogP contribution in [0.25, 0.3) is 32.6 Å². The zero-order chi connectivity index (χ0) is 19.6. The molecule has 7 heteroatoms. The van der Waals surface area contributed by atoms with Crippen molar-refractivity contribution in [2.75, 3.05) is 0 Å². The van der Waals surface area contributed by atoms with Gasteiger partial charge in [-0.1, -0.05) is 12.1 Å². The predicted octanol–water partition coefficient (Wildman–Crippen LogP) is 5.11. The van der Waals surface area contributed by atoms with Crippen molar-refractivity contribution in [1.29, 1.82) is 0 Å². The smallest absolute Gasteiger partial charge is 0.137 e. The van der Waals surface area contributed by atoms with Crippen molar-refractivity contribution in [2.24, 2.45) is 0 Å². The number of rotatable bonds is 6. The van der Waals surface area contributed by atoms with Gasteiger partial charge in [-0.25, -0.2) is 14.4 Å². The number of fused-ring (bicyclic) bond motifs is 1. The summed E-state index contributed by atoms with van der Waals surface area (Å²) in [4.78, 5) is 16.1. The Bertz CT molecular complexity index is 1240. The van der Waals surface area contributed by atoms with Crippen molar-refractivity contribution in [2.45, 2.75) is 13.1 Å². The molecule has 0 bridgehead atoms. The Morgan fingerprint density at radius 2 is 2.00 bits per heavy atom. The third-order valence-electron chi connectivity index (χ3n) is 4.83. The second kappa shape index (κ2) is 7.62. The van der Waals surface area contributed by atoms with Gasteiger partial charge in [0.15, 0.2) is 0 Å². The van der Waals surface area contributed by atoms with Crippen molar-refractivity contribution >= 4 is 22.4 Å². The quantitative estimate of drug-likeness (QED) is 0.369. The Morgan fingerprint density at radius 3 is 2.83 bits per heavy atom. The first-order chi connectivity index (χ1) is 14.3. The van der Waals surface area contributed by atoms with Crippen LogP contribution in [0, 0.1) is 5.82 Å². The molecule has 5 aromatic rings. The fraction of sp³-hybridized carbons (Fsp3) is 0.0909. The number of nitrogens with zero attached hydrogens (tertiary/aromatic N) is 2. The van der Waals surface area contributed by atoms with Crippen LogP contribution in [-0.4, -0.2) is 19.9 Å². The molecular formula is C22H18FN5S. The normalized spacial score (nSPS) is 11.3. The van der Waals surface area contributed by atoms with Crippen molar-refractivity contribution in [3.63, 3.8) is 0 Å². The minimum Gasteiger partial charge on any atom is -0.348 e. The van der Waals surface area contributed by atoms with Gasteiger partial charge in [0.25, 0.3) is 0 Å². The van der Waals surface area contributed by atoms with Crippen LogP contribution in [0.2, 0.25) is 0 Å². The second-order valence-corrected chi connectivity index (χ2v) is 7.70. The van der Waals surface area contributed by atoms with Gasteiger partial charge in [0.05, 0.1) is 6.54 Å². The van der Waals surface area contributed by atoms with E-state index < -0.39 is 0 Å². The molecule has 0 fully saturated rings. The number of hydrogen-bond acceptors (Lipinski definition) is 4. The molecule has 29 heavy (non-hydrogen) atoms. The highest BCUT2D eigenvalue weighted by molar-refractivity contribution is 7.13. The van der Waals surface area contributed by atoms with Gasteiger partial charge in [-0.15, -0.1) is 11.3 Å². The number of benzene rings is 1. The molecule has 0 atom stereocenters. The minimum atomic E-state index is -0.248. The molecule has 0 saturated heterocycles. The van der Waals surface area contributed by atoms with Gasteiger partial charge in [0.1, 0.15) is 17.3 Å². The number of pyridine rings is 1. The van der Waals surface area contributed by atoms with Crippen molar-refractivity contribution < 1.29 is 4.39 Å². The van der Waals surface area contributed by atoms with Gasteiger partial charge in [-0.05, 0) is 35.2 Å². The summed E-state index contributed by atoms with van der Waals surface area (Å²) in [7, 11) is 0. The molecule has 3 N–H and O–H groups in total. The molecule has 4 heterocycles. The number of aromatic amines is 2. The van der Waals surface area contributed by atoms with Crippen LogP contribution in [0.1, 0.15) is 11.4 Å². The Balaban J connectivity index is 1.46. The Hall–Kier alpha value is -3.29. The van der Waals surface area contributed by atoms with E-state index in [2.05, 4.69) is 37.4 Å². The highest BCUT2D eigenvalue weighted by atomic mass is 32.1. The van der Waals surface area contributed by atoms with E-state index >= 15 is 0 Å². The van der Waals surface area contributed by atoms with Crippen LogP contribution in [0.4, 0.5) is 4.39 Å². The van der Waals surface area contributed by atoms with Crippen LogP contribution in [0.3, 0.4) is 0 Å². The first kappa shape index (κ1) is 17.8. The topological polar surface area (TPSA) is 69.4 Å². The van der Waals surface area contributed by atoms with Crippen LogP contribution < -0.4 is 5.32 Å². The zero-order valence-corrected chi connectivity index (χ0v) is 16.3. The average molecular weight is 403 g/mol. The molecule has 0 aliphatic carbocycles. The lowest BCUT2D eigenvalue weighted by molar-refractivity contribution is 0.627. The van der Waals surface area contributed by atoms with Crippen molar-refractivity contribution in [3.05, 3.63) is 83.8 Å². The number of aromatic nitrogens is 4. The summed E-state index contributed by atoms with van der Waals surface area (Å²) in [5.41, 5.74) is 4.17. The molecule has 4 aromatic heterocycles. The predicted molar refractivity (Wildman–Crippen MR) is 114 cm³/mol. The first-order valence-electron chi connectivity index (χ1n) is 9.27. The summed E-state index contributed by atoms with van der Waals surface area (Å²) in [6.07, 6.45) is 7.19. The molecular weight excluding hydrogens is 385 g/mol. The average Bonchev–Trinajstić information content (AvgIpc) is 3.50. The van der Waals surface area contributed by atoms with Crippen molar-refractivity contribution in [3.8, 4) is 21.6 Å². The maximum Gasteiger partial charge on any atom is 0.137 e. The van der Waals surface area contributed by atoms with E-state index in [0.717, 1.165) is 38.4 Å². The molecule has 5 nitrogen and oxygen atoms in total. The lowest BCUT2D eigenvalue weighted by Gasteiger charge is -2.08. The lowest BCUT2D eigenvalue weighted by atomic mass is 10.0. The monoisotopic (exact) mass is 403 g/mol. The third kappa shape index (κ3) is 3.57. The summed E-state index contributed by atoms with van der Waals surface area (Å²) >= 11 is 1.66. The van der Waals surface area contributed by atoms with E-state index in [1.54, 1.807) is 29.8 Å². The number of H-pyrrole nitrogens is 2. The van der Waals surface area contributed by atoms with Gasteiger partial charge in [0.2, 0.25) is 0 Å². The summed E-state index contributed by atoms with van der Waals surface area (Å²) in [6.45, 7) is 1.25. The first-order valence-corrected chi connectivity index (χ1v) is 10.1. The molecule has 0 aliphatic rings. The fourth-order valence-corrected chi connectivity index (χ4v) is 4.12. The lowest BCUT2D eigenvalue weighted by Crippen LogP contribution is -2.13. The SMILES string of the molecule is Fc1ccc(CNCc2ncc[nH]2)cc1-c1c[nH]c2ncc(-c3cccs3)cc12. The number of thiophene rings is 1. The van der Waals surface area contributed by atoms with E-state index in [1.165, 1.54) is 6.07 Å². The molecule has 0 spiro atoms. The maximum atomic E-state index is 14.7.